The maximum atomic E-state index is 13.7. The quantitative estimate of drug-likeness (QED) is 0.201. The van der Waals surface area contributed by atoms with Gasteiger partial charge in [0.2, 0.25) is 0 Å². The Bertz CT molecular complexity index is 1460. The highest BCUT2D eigenvalue weighted by molar-refractivity contribution is 9.10. The lowest BCUT2D eigenvalue weighted by Crippen LogP contribution is -2.29. The van der Waals surface area contributed by atoms with Crippen molar-refractivity contribution >= 4 is 60.1 Å². The summed E-state index contributed by atoms with van der Waals surface area (Å²) in [6.45, 7) is 0. The van der Waals surface area contributed by atoms with Crippen LogP contribution < -0.4 is 9.64 Å². The maximum Gasteiger partial charge on any atom is 0.301 e. The summed E-state index contributed by atoms with van der Waals surface area (Å²) in [5, 5.41) is 11.4. The summed E-state index contributed by atoms with van der Waals surface area (Å²) in [6, 6.07) is 16.9. The molecule has 9 heteroatoms. The first kappa shape index (κ1) is 22.2. The second-order valence-electron chi connectivity index (χ2n) is 7.56. The van der Waals surface area contributed by atoms with E-state index in [2.05, 4.69) is 20.9 Å². The number of hydrogen-bond donors (Lipinski definition) is 1. The van der Waals surface area contributed by atoms with E-state index in [4.69, 9.17) is 4.74 Å². The van der Waals surface area contributed by atoms with Crippen LogP contribution in [0.3, 0.4) is 0 Å². The van der Waals surface area contributed by atoms with Gasteiger partial charge < -0.3 is 9.84 Å². The van der Waals surface area contributed by atoms with Crippen LogP contribution in [-0.2, 0) is 9.59 Å². The van der Waals surface area contributed by atoms with E-state index in [1.807, 2.05) is 0 Å². The molecular weight excluding hydrogens is 523 g/mol. The van der Waals surface area contributed by atoms with Crippen LogP contribution in [0.2, 0.25) is 0 Å². The molecular formula is C25H16BrFN2O4S. The number of methoxy groups -OCH3 is 1. The maximum absolute atomic E-state index is 13.7. The van der Waals surface area contributed by atoms with Crippen molar-refractivity contribution in [2.45, 2.75) is 6.04 Å². The summed E-state index contributed by atoms with van der Waals surface area (Å²) in [4.78, 5) is 32.2. The lowest BCUT2D eigenvalue weighted by molar-refractivity contribution is -0.132. The Kier molecular flexibility index (Phi) is 5.66. The fourth-order valence-electron chi connectivity index (χ4n) is 3.88. The van der Waals surface area contributed by atoms with Crippen LogP contribution in [0.4, 0.5) is 9.52 Å². The zero-order chi connectivity index (χ0) is 24.0. The lowest BCUT2D eigenvalue weighted by Gasteiger charge is -2.23. The fourth-order valence-corrected chi connectivity index (χ4v) is 5.17. The largest absolute Gasteiger partial charge is 0.507 e. The molecule has 1 fully saturated rings. The molecule has 34 heavy (non-hydrogen) atoms. The molecule has 0 bridgehead atoms. The van der Waals surface area contributed by atoms with Gasteiger partial charge in [0.05, 0.1) is 28.9 Å². The van der Waals surface area contributed by atoms with Crippen LogP contribution in [-0.4, -0.2) is 28.9 Å². The van der Waals surface area contributed by atoms with Crippen LogP contribution >= 0.6 is 27.3 Å². The van der Waals surface area contributed by atoms with Crippen molar-refractivity contribution in [3.05, 3.63) is 93.7 Å². The minimum Gasteiger partial charge on any atom is -0.507 e. The van der Waals surface area contributed by atoms with Crippen LogP contribution in [0.15, 0.2) is 76.8 Å². The van der Waals surface area contributed by atoms with Gasteiger partial charge in [-0.2, -0.15) is 0 Å². The zero-order valence-electron chi connectivity index (χ0n) is 17.7. The Morgan fingerprint density at radius 2 is 1.79 bits per heavy atom. The number of hydrogen-bond acceptors (Lipinski definition) is 6. The molecule has 1 atom stereocenters. The number of ketones is 1. The SMILES string of the molecule is COc1ccc(/C(O)=C2\C(=O)C(=O)N(c3nc4ccc(F)cc4s3)C2c2ccc(Br)cc2)cc1. The molecule has 1 aromatic heterocycles. The normalized spacial score (nSPS) is 17.5. The number of ether oxygens (including phenoxy) is 1. The summed E-state index contributed by atoms with van der Waals surface area (Å²) in [6.07, 6.45) is 0. The van der Waals surface area contributed by atoms with Crippen LogP contribution in [0, 0.1) is 5.82 Å². The van der Waals surface area contributed by atoms with Gasteiger partial charge in [-0.25, -0.2) is 9.37 Å². The first-order valence-corrected chi connectivity index (χ1v) is 11.8. The number of rotatable bonds is 4. The molecule has 1 amide bonds. The van der Waals surface area contributed by atoms with E-state index in [-0.39, 0.29) is 16.5 Å². The van der Waals surface area contributed by atoms with Crippen LogP contribution in [0.1, 0.15) is 17.2 Å². The average molecular weight is 539 g/mol. The fraction of sp³-hybridized carbons (Fsp3) is 0.0800. The van der Waals surface area contributed by atoms with E-state index >= 15 is 0 Å². The number of aliphatic hydroxyl groups excluding tert-OH is 1. The summed E-state index contributed by atoms with van der Waals surface area (Å²) >= 11 is 4.50. The zero-order valence-corrected chi connectivity index (χ0v) is 20.1. The highest BCUT2D eigenvalue weighted by Gasteiger charge is 2.48. The molecule has 5 rings (SSSR count). The molecule has 1 unspecified atom stereocenters. The van der Waals surface area contributed by atoms with E-state index < -0.39 is 23.5 Å². The number of carbonyl (C=O) groups excluding carboxylic acids is 2. The Balaban J connectivity index is 1.71. The number of benzene rings is 3. The van der Waals surface area contributed by atoms with E-state index in [1.54, 1.807) is 48.5 Å². The van der Waals surface area contributed by atoms with Gasteiger partial charge in [0.1, 0.15) is 17.3 Å². The molecule has 0 spiro atoms. The van der Waals surface area contributed by atoms with Crippen molar-refractivity contribution in [3.8, 4) is 5.75 Å². The van der Waals surface area contributed by atoms with E-state index in [0.29, 0.717) is 27.1 Å². The molecule has 170 valence electrons. The second kappa shape index (κ2) is 8.66. The number of nitrogens with zero attached hydrogens (tertiary/aromatic N) is 2. The third-order valence-electron chi connectivity index (χ3n) is 5.54. The number of anilines is 1. The molecule has 4 aromatic rings. The van der Waals surface area contributed by atoms with Gasteiger partial charge >= 0.3 is 5.91 Å². The van der Waals surface area contributed by atoms with Crippen molar-refractivity contribution in [3.63, 3.8) is 0 Å². The molecule has 0 aliphatic carbocycles. The van der Waals surface area contributed by atoms with Crippen molar-refractivity contribution in [2.75, 3.05) is 12.0 Å². The van der Waals surface area contributed by atoms with Gasteiger partial charge in [-0.05, 0) is 60.2 Å². The van der Waals surface area contributed by atoms with E-state index in [1.165, 1.54) is 30.2 Å². The summed E-state index contributed by atoms with van der Waals surface area (Å²) in [7, 11) is 1.53. The number of carbonyl (C=O) groups is 2. The molecule has 2 heterocycles. The highest BCUT2D eigenvalue weighted by atomic mass is 79.9. The monoisotopic (exact) mass is 538 g/mol. The standard InChI is InChI=1S/C25H16BrFN2O4S/c1-33-17-9-4-14(5-10-17)22(30)20-21(13-2-6-15(26)7-3-13)29(24(32)23(20)31)25-28-18-11-8-16(27)12-19(18)34-25/h2-12,21,30H,1H3/b22-20+. The number of halogens is 2. The predicted molar refractivity (Wildman–Crippen MR) is 131 cm³/mol. The number of aromatic nitrogens is 1. The minimum absolute atomic E-state index is 0.0528. The van der Waals surface area contributed by atoms with Crippen LogP contribution in [0.5, 0.6) is 5.75 Å². The molecule has 1 N–H and O–H groups in total. The van der Waals surface area contributed by atoms with Gasteiger partial charge in [0.15, 0.2) is 5.13 Å². The molecule has 0 saturated carbocycles. The average Bonchev–Trinajstić information content (AvgIpc) is 3.37. The lowest BCUT2D eigenvalue weighted by atomic mass is 9.95. The molecule has 1 aliphatic rings. The Labute approximate surface area is 206 Å². The van der Waals surface area contributed by atoms with E-state index in [0.717, 1.165) is 15.8 Å². The number of thiazole rings is 1. The number of aliphatic hydroxyl groups is 1. The Morgan fingerprint density at radius 1 is 1.09 bits per heavy atom. The van der Waals surface area contributed by atoms with Gasteiger partial charge in [0, 0.05) is 10.0 Å². The first-order chi connectivity index (χ1) is 16.4. The minimum atomic E-state index is -0.916. The third-order valence-corrected chi connectivity index (χ3v) is 7.09. The predicted octanol–water partition coefficient (Wildman–Crippen LogP) is 5.83. The van der Waals surface area contributed by atoms with Crippen molar-refractivity contribution in [1.82, 2.24) is 4.98 Å². The smallest absolute Gasteiger partial charge is 0.301 e. The number of Topliss-reactive ketones (excluding diaryl/α,β-unsaturated/α-hetero) is 1. The Hall–Kier alpha value is -3.56. The van der Waals surface area contributed by atoms with Gasteiger partial charge in [-0.15, -0.1) is 0 Å². The number of fused-ring (bicyclic) bond motifs is 1. The Morgan fingerprint density at radius 3 is 2.47 bits per heavy atom. The van der Waals surface area contributed by atoms with Crippen molar-refractivity contribution in [2.24, 2.45) is 0 Å². The third kappa shape index (κ3) is 3.76. The van der Waals surface area contributed by atoms with Gasteiger partial charge in [0.25, 0.3) is 5.78 Å². The molecule has 1 saturated heterocycles. The van der Waals surface area contributed by atoms with E-state index in [9.17, 15) is 19.1 Å². The van der Waals surface area contributed by atoms with Crippen LogP contribution in [0.25, 0.3) is 16.0 Å². The number of amides is 1. The summed E-state index contributed by atoms with van der Waals surface area (Å²) in [5.74, 6) is -1.78. The molecule has 6 nitrogen and oxygen atoms in total. The highest BCUT2D eigenvalue weighted by Crippen LogP contribution is 2.44. The second-order valence-corrected chi connectivity index (χ2v) is 9.48. The van der Waals surface area contributed by atoms with Gasteiger partial charge in [-0.3, -0.25) is 14.5 Å². The first-order valence-electron chi connectivity index (χ1n) is 10.1. The summed E-state index contributed by atoms with van der Waals surface area (Å²) in [5.41, 5.74) is 1.44. The van der Waals surface area contributed by atoms with Crippen molar-refractivity contribution in [1.29, 1.82) is 0 Å². The molecule has 1 aliphatic heterocycles. The summed E-state index contributed by atoms with van der Waals surface area (Å²) < 4.78 is 20.3. The molecule has 3 aromatic carbocycles. The van der Waals surface area contributed by atoms with Gasteiger partial charge in [-0.1, -0.05) is 39.4 Å². The topological polar surface area (TPSA) is 79.7 Å². The van der Waals surface area contributed by atoms with Crippen molar-refractivity contribution < 1.29 is 23.8 Å². The molecule has 0 radical (unpaired) electrons.